The van der Waals surface area contributed by atoms with Gasteiger partial charge in [0.1, 0.15) is 0 Å². The Morgan fingerprint density at radius 1 is 1.44 bits per heavy atom. The summed E-state index contributed by atoms with van der Waals surface area (Å²) in [5.41, 5.74) is 0.797. The first-order chi connectivity index (χ1) is 8.36. The van der Waals surface area contributed by atoms with Crippen LogP contribution in [0, 0.1) is 6.92 Å². The van der Waals surface area contributed by atoms with Crippen molar-refractivity contribution in [2.75, 3.05) is 11.9 Å². The first kappa shape index (κ1) is 12.8. The first-order valence-electron chi connectivity index (χ1n) is 6.23. The predicted molar refractivity (Wildman–Crippen MR) is 70.3 cm³/mol. The topological polar surface area (TPSA) is 58.1 Å². The highest BCUT2D eigenvalue weighted by atomic mass is 16.2. The fourth-order valence-corrected chi connectivity index (χ4v) is 2.15. The number of anilines is 1. The summed E-state index contributed by atoms with van der Waals surface area (Å²) in [6.07, 6.45) is 2.23. The summed E-state index contributed by atoms with van der Waals surface area (Å²) in [5.74, 6) is 0.788. The van der Waals surface area contributed by atoms with E-state index in [0.717, 1.165) is 5.69 Å². The van der Waals surface area contributed by atoms with E-state index in [9.17, 15) is 4.79 Å². The van der Waals surface area contributed by atoms with Crippen molar-refractivity contribution in [2.45, 2.75) is 45.7 Å². The highest BCUT2D eigenvalue weighted by Gasteiger charge is 2.36. The molecule has 0 bridgehead atoms. The van der Waals surface area contributed by atoms with Gasteiger partial charge in [-0.2, -0.15) is 0 Å². The summed E-state index contributed by atoms with van der Waals surface area (Å²) in [4.78, 5) is 22.3. The lowest BCUT2D eigenvalue weighted by Gasteiger charge is -2.32. The molecule has 5 nitrogen and oxygen atoms in total. The van der Waals surface area contributed by atoms with Gasteiger partial charge in [-0.05, 0) is 33.8 Å². The standard InChI is InChI=1S/C13H20N4O/c1-9-5-6-14-12(15-9)16-10-7-11(18)17(8-10)13(2,3)4/h5-6,10H,7-8H2,1-4H3,(H,14,15,16). The Morgan fingerprint density at radius 3 is 2.72 bits per heavy atom. The molecule has 1 fully saturated rings. The molecule has 1 atom stereocenters. The number of aromatic nitrogens is 2. The molecule has 5 heteroatoms. The van der Waals surface area contributed by atoms with Crippen LogP contribution in [0.2, 0.25) is 0 Å². The second kappa shape index (κ2) is 4.55. The minimum Gasteiger partial charge on any atom is -0.349 e. The maximum Gasteiger partial charge on any atom is 0.225 e. The molecule has 0 radical (unpaired) electrons. The Morgan fingerprint density at radius 2 is 2.17 bits per heavy atom. The number of nitrogens with zero attached hydrogens (tertiary/aromatic N) is 3. The van der Waals surface area contributed by atoms with Gasteiger partial charge in [-0.25, -0.2) is 9.97 Å². The number of amides is 1. The van der Waals surface area contributed by atoms with Crippen LogP contribution in [0.1, 0.15) is 32.9 Å². The molecule has 1 saturated heterocycles. The molecular formula is C13H20N4O. The van der Waals surface area contributed by atoms with Crippen LogP contribution in [0.25, 0.3) is 0 Å². The number of rotatable bonds is 2. The van der Waals surface area contributed by atoms with Gasteiger partial charge in [0.05, 0.1) is 6.04 Å². The van der Waals surface area contributed by atoms with E-state index in [1.807, 2.05) is 17.9 Å². The van der Waals surface area contributed by atoms with Crippen molar-refractivity contribution in [1.82, 2.24) is 14.9 Å². The summed E-state index contributed by atoms with van der Waals surface area (Å²) < 4.78 is 0. The second-order valence-electron chi connectivity index (χ2n) is 5.74. The third-order valence-electron chi connectivity index (χ3n) is 3.06. The normalized spacial score (nSPS) is 20.3. The quantitative estimate of drug-likeness (QED) is 0.863. The van der Waals surface area contributed by atoms with E-state index >= 15 is 0 Å². The summed E-state index contributed by atoms with van der Waals surface area (Å²) in [7, 11) is 0. The zero-order chi connectivity index (χ0) is 13.3. The highest BCUT2D eigenvalue weighted by molar-refractivity contribution is 5.80. The molecule has 1 unspecified atom stereocenters. The number of carbonyl (C=O) groups excluding carboxylic acids is 1. The number of carbonyl (C=O) groups is 1. The van der Waals surface area contributed by atoms with Crippen LogP contribution in [0.3, 0.4) is 0 Å². The van der Waals surface area contributed by atoms with Gasteiger partial charge < -0.3 is 10.2 Å². The fourth-order valence-electron chi connectivity index (χ4n) is 2.15. The molecule has 1 N–H and O–H groups in total. The number of hydrogen-bond acceptors (Lipinski definition) is 4. The second-order valence-corrected chi connectivity index (χ2v) is 5.74. The van der Waals surface area contributed by atoms with Crippen LogP contribution < -0.4 is 5.32 Å². The van der Waals surface area contributed by atoms with Crippen molar-refractivity contribution in [2.24, 2.45) is 0 Å². The van der Waals surface area contributed by atoms with Crippen molar-refractivity contribution < 1.29 is 4.79 Å². The Balaban J connectivity index is 2.03. The van der Waals surface area contributed by atoms with Crippen molar-refractivity contribution in [1.29, 1.82) is 0 Å². The molecule has 1 aromatic rings. The van der Waals surface area contributed by atoms with Gasteiger partial charge in [0, 0.05) is 30.4 Å². The molecule has 1 aliphatic rings. The SMILES string of the molecule is Cc1ccnc(NC2CC(=O)N(C(C)(C)C)C2)n1. The third kappa shape index (κ3) is 2.78. The molecule has 0 aliphatic carbocycles. The summed E-state index contributed by atoms with van der Waals surface area (Å²) in [6.45, 7) is 8.79. The van der Waals surface area contributed by atoms with Gasteiger partial charge in [0.25, 0.3) is 0 Å². The van der Waals surface area contributed by atoms with E-state index in [2.05, 4.69) is 36.1 Å². The Bertz CT molecular complexity index is 453. The average Bonchev–Trinajstić information content (AvgIpc) is 2.59. The van der Waals surface area contributed by atoms with Gasteiger partial charge in [-0.1, -0.05) is 0 Å². The van der Waals surface area contributed by atoms with Crippen LogP contribution in [-0.4, -0.2) is 38.9 Å². The smallest absolute Gasteiger partial charge is 0.225 e. The molecule has 0 saturated carbocycles. The number of nitrogens with one attached hydrogen (secondary N) is 1. The molecule has 1 aliphatic heterocycles. The lowest BCUT2D eigenvalue weighted by atomic mass is 10.1. The third-order valence-corrected chi connectivity index (χ3v) is 3.06. The van der Waals surface area contributed by atoms with Gasteiger partial charge in [-0.15, -0.1) is 0 Å². The minimum atomic E-state index is -0.124. The molecule has 2 rings (SSSR count). The molecule has 0 spiro atoms. The highest BCUT2D eigenvalue weighted by Crippen LogP contribution is 2.23. The molecule has 0 aromatic carbocycles. The Kier molecular flexibility index (Phi) is 3.24. The lowest BCUT2D eigenvalue weighted by Crippen LogP contribution is -2.43. The maximum atomic E-state index is 11.9. The van der Waals surface area contributed by atoms with Crippen LogP contribution >= 0.6 is 0 Å². The van der Waals surface area contributed by atoms with Crippen molar-refractivity contribution >= 4 is 11.9 Å². The molecule has 18 heavy (non-hydrogen) atoms. The molecule has 1 aromatic heterocycles. The molecule has 98 valence electrons. The minimum absolute atomic E-state index is 0.0959. The fraction of sp³-hybridized carbons (Fsp3) is 0.615. The van der Waals surface area contributed by atoms with Gasteiger partial charge in [0.2, 0.25) is 11.9 Å². The van der Waals surface area contributed by atoms with E-state index in [1.54, 1.807) is 6.20 Å². The first-order valence-corrected chi connectivity index (χ1v) is 6.23. The largest absolute Gasteiger partial charge is 0.349 e. The van der Waals surface area contributed by atoms with Crippen LogP contribution in [0.15, 0.2) is 12.3 Å². The van der Waals surface area contributed by atoms with Crippen molar-refractivity contribution in [3.05, 3.63) is 18.0 Å². The lowest BCUT2D eigenvalue weighted by molar-refractivity contribution is -0.131. The zero-order valence-electron chi connectivity index (χ0n) is 11.4. The van der Waals surface area contributed by atoms with E-state index in [-0.39, 0.29) is 17.5 Å². The van der Waals surface area contributed by atoms with Gasteiger partial charge in [-0.3, -0.25) is 4.79 Å². The number of hydrogen-bond donors (Lipinski definition) is 1. The number of likely N-dealkylation sites (tertiary alicyclic amines) is 1. The Hall–Kier alpha value is -1.65. The van der Waals surface area contributed by atoms with Crippen LogP contribution in [0.4, 0.5) is 5.95 Å². The van der Waals surface area contributed by atoms with Crippen LogP contribution in [-0.2, 0) is 4.79 Å². The summed E-state index contributed by atoms with van der Waals surface area (Å²) in [6, 6.07) is 1.95. The monoisotopic (exact) mass is 248 g/mol. The van der Waals surface area contributed by atoms with E-state index in [4.69, 9.17) is 0 Å². The van der Waals surface area contributed by atoms with Gasteiger partial charge in [0.15, 0.2) is 0 Å². The van der Waals surface area contributed by atoms with E-state index in [1.165, 1.54) is 0 Å². The summed E-state index contributed by atoms with van der Waals surface area (Å²) in [5, 5.41) is 3.23. The predicted octanol–water partition coefficient (Wildman–Crippen LogP) is 1.60. The van der Waals surface area contributed by atoms with E-state index in [0.29, 0.717) is 18.9 Å². The van der Waals surface area contributed by atoms with Gasteiger partial charge >= 0.3 is 0 Å². The number of aryl methyl sites for hydroxylation is 1. The van der Waals surface area contributed by atoms with E-state index < -0.39 is 0 Å². The molecular weight excluding hydrogens is 228 g/mol. The van der Waals surface area contributed by atoms with Crippen molar-refractivity contribution in [3.8, 4) is 0 Å². The van der Waals surface area contributed by atoms with Crippen LogP contribution in [0.5, 0.6) is 0 Å². The molecule has 2 heterocycles. The van der Waals surface area contributed by atoms with Crippen molar-refractivity contribution in [3.63, 3.8) is 0 Å². The Labute approximate surface area is 108 Å². The zero-order valence-corrected chi connectivity index (χ0v) is 11.4. The average molecular weight is 248 g/mol. The molecule has 1 amide bonds. The summed E-state index contributed by atoms with van der Waals surface area (Å²) >= 11 is 0. The maximum absolute atomic E-state index is 11.9.